The number of hydrogen-bond donors (Lipinski definition) is 0. The van der Waals surface area contributed by atoms with E-state index in [2.05, 4.69) is 0 Å². The van der Waals surface area contributed by atoms with E-state index in [-0.39, 0.29) is 0 Å². The number of allylic oxidation sites excluding steroid dienone is 3. The van der Waals surface area contributed by atoms with Gasteiger partial charge < -0.3 is 14.2 Å². The lowest BCUT2D eigenvalue weighted by molar-refractivity contribution is -2.00. The Morgan fingerprint density at radius 2 is 1.18 bits per heavy atom. The summed E-state index contributed by atoms with van der Waals surface area (Å²) < 4.78 is 56.2. The average molecular weight is 477 g/mol. The van der Waals surface area contributed by atoms with Gasteiger partial charge in [-0.05, 0) is 47.5 Å². The van der Waals surface area contributed by atoms with Gasteiger partial charge in [0.05, 0.1) is 34.1 Å². The fourth-order valence-electron chi connectivity index (χ4n) is 2.74. The number of hydrogen-bond acceptors (Lipinski definition) is 7. The molecule has 9 heteroatoms. The van der Waals surface area contributed by atoms with E-state index in [4.69, 9.17) is 37.3 Å². The van der Waals surface area contributed by atoms with Crippen molar-refractivity contribution in [3.63, 3.8) is 0 Å². The fraction of sp³-hybridized carbons (Fsp3) is 0.208. The second-order valence-corrected chi connectivity index (χ2v) is 7.90. The van der Waals surface area contributed by atoms with Crippen LogP contribution in [0.3, 0.4) is 0 Å². The van der Waals surface area contributed by atoms with Gasteiger partial charge in [-0.15, -0.1) is 10.2 Å². The van der Waals surface area contributed by atoms with E-state index in [0.29, 0.717) is 0 Å². The smallest absolute Gasteiger partial charge is 0.424 e. The van der Waals surface area contributed by atoms with Gasteiger partial charge >= 0.3 is 11.6 Å². The molecule has 0 bridgehead atoms. The van der Waals surface area contributed by atoms with Crippen LogP contribution in [-0.2, 0) is 9.16 Å². The van der Waals surface area contributed by atoms with Crippen LogP contribution in [0.1, 0.15) is 25.0 Å². The Hall–Kier alpha value is -3.14. The van der Waals surface area contributed by atoms with Crippen molar-refractivity contribution in [1.29, 1.82) is 0 Å². The van der Waals surface area contributed by atoms with E-state index in [1.165, 1.54) is 0 Å². The van der Waals surface area contributed by atoms with Crippen molar-refractivity contribution in [3.8, 4) is 11.5 Å². The summed E-state index contributed by atoms with van der Waals surface area (Å²) in [6, 6.07) is 15.7. The summed E-state index contributed by atoms with van der Waals surface area (Å²) in [6.07, 6.45) is 9.75. The number of carbonyl (C=O) groups excluding carboxylic acids is 1. The Morgan fingerprint density at radius 1 is 0.758 bits per heavy atom. The number of halogens is 1. The van der Waals surface area contributed by atoms with Crippen molar-refractivity contribution in [2.45, 2.75) is 19.6 Å². The Labute approximate surface area is 194 Å². The molecule has 0 atom stereocenters. The molecule has 0 aliphatic carbocycles. The van der Waals surface area contributed by atoms with Gasteiger partial charge in [0.2, 0.25) is 0 Å². The predicted octanol–water partition coefficient (Wildman–Crippen LogP) is 0.429. The molecule has 33 heavy (non-hydrogen) atoms. The first-order valence-corrected chi connectivity index (χ1v) is 10.9. The van der Waals surface area contributed by atoms with E-state index < -0.39 is 16.0 Å². The predicted molar refractivity (Wildman–Crippen MR) is 112 cm³/mol. The van der Waals surface area contributed by atoms with E-state index in [1.54, 1.807) is 14.2 Å². The molecule has 0 spiro atoms. The first-order chi connectivity index (χ1) is 15.5. The molecule has 0 radical (unpaired) electrons. The van der Waals surface area contributed by atoms with Crippen molar-refractivity contribution in [2.24, 2.45) is 0 Å². The minimum absolute atomic E-state index is 0.737. The second kappa shape index (κ2) is 11.6. The summed E-state index contributed by atoms with van der Waals surface area (Å²) in [5.41, 5.74) is 2.12. The molecule has 2 aromatic carbocycles. The summed E-state index contributed by atoms with van der Waals surface area (Å²) in [7, 11) is -1.63. The zero-order valence-corrected chi connectivity index (χ0v) is 19.4. The number of ether oxygens (including phenoxy) is 3. The molecule has 0 unspecified atom stereocenters. The summed E-state index contributed by atoms with van der Waals surface area (Å²) in [5.74, 6) is 2.40. The van der Waals surface area contributed by atoms with Crippen LogP contribution in [0.15, 0.2) is 72.5 Å². The summed E-state index contributed by atoms with van der Waals surface area (Å²) >= 11 is 0. The van der Waals surface area contributed by atoms with Crippen LogP contribution in [0.2, 0.25) is 0 Å². The molecule has 1 aliphatic rings. The molecule has 0 saturated heterocycles. The largest absolute Gasteiger partial charge is 0.497 e. The zero-order chi connectivity index (χ0) is 24.5. The van der Waals surface area contributed by atoms with E-state index in [9.17, 15) is 0 Å². The van der Waals surface area contributed by atoms with Gasteiger partial charge in [0, 0.05) is 6.08 Å². The molecule has 0 saturated carbocycles. The molecule has 1 aliphatic heterocycles. The molecular weight excluding hydrogens is 452 g/mol. The fourth-order valence-corrected chi connectivity index (χ4v) is 2.74. The molecule has 1 heterocycles. The number of rotatable bonds is 6. The zero-order valence-electron chi connectivity index (χ0n) is 18.6. The lowest BCUT2D eigenvalue weighted by Gasteiger charge is -2.17. The van der Waals surface area contributed by atoms with Gasteiger partial charge in [-0.2, -0.15) is 0 Å². The monoisotopic (exact) mass is 476 g/mol. The van der Waals surface area contributed by atoms with Crippen LogP contribution in [-0.4, -0.2) is 25.8 Å². The minimum atomic E-state index is -4.94. The highest BCUT2D eigenvalue weighted by atomic mass is 35.7. The standard InChI is InChI=1S/C24H25O4.ClHO4/c1-24(2)27-22(15-9-18-5-11-20(25-3)12-6-18)17-23(28-24)16-10-19-7-13-21(26-4)14-8-19;2-1(3,4)5/h5-17H,1-4H3;(H,2,3,4,5)/q+1;/p-1/b15-9+,16-10+;. The van der Waals surface area contributed by atoms with Crippen molar-refractivity contribution in [3.05, 3.63) is 83.6 Å². The molecule has 0 N–H and O–H groups in total. The third-order valence-electron chi connectivity index (χ3n) is 4.12. The van der Waals surface area contributed by atoms with Gasteiger partial charge in [-0.1, -0.05) is 30.3 Å². The van der Waals surface area contributed by atoms with Crippen LogP contribution >= 0.6 is 0 Å². The summed E-state index contributed by atoms with van der Waals surface area (Å²) in [4.78, 5) is 0. The van der Waals surface area contributed by atoms with E-state index in [0.717, 1.165) is 34.2 Å². The number of benzene rings is 2. The van der Waals surface area contributed by atoms with Crippen molar-refractivity contribution >= 4 is 17.9 Å². The first-order valence-electron chi connectivity index (χ1n) is 9.70. The SMILES string of the molecule is COc1ccc(/C=C/C2=CC(/C=C/c3ccc(OC)cc3)=[O+]C(C)(C)O2)cc1.[O-][Cl+3]([O-])([O-])[O-]. The number of methoxy groups -OCH3 is 2. The highest BCUT2D eigenvalue weighted by molar-refractivity contribution is 6.03. The van der Waals surface area contributed by atoms with Gasteiger partial charge in [0.25, 0.3) is 0 Å². The van der Waals surface area contributed by atoms with Crippen LogP contribution in [0.25, 0.3) is 12.2 Å². The Bertz CT molecular complexity index is 1010. The quantitative estimate of drug-likeness (QED) is 0.436. The molecule has 176 valence electrons. The molecule has 3 rings (SSSR count). The molecule has 2 aromatic rings. The maximum absolute atomic E-state index is 8.49. The Kier molecular flexibility index (Phi) is 9.22. The molecule has 0 aromatic heterocycles. The topological polar surface area (TPSA) is 131 Å². The van der Waals surface area contributed by atoms with Gasteiger partial charge in [0.1, 0.15) is 17.3 Å². The molecule has 8 nitrogen and oxygen atoms in total. The van der Waals surface area contributed by atoms with Crippen molar-refractivity contribution in [2.75, 3.05) is 14.2 Å². The van der Waals surface area contributed by atoms with Crippen LogP contribution < -0.4 is 28.1 Å². The van der Waals surface area contributed by atoms with Crippen LogP contribution in [0.4, 0.5) is 0 Å². The number of ketones is 1. The van der Waals surface area contributed by atoms with Gasteiger partial charge in [0.15, 0.2) is 0 Å². The average Bonchev–Trinajstić information content (AvgIpc) is 2.75. The van der Waals surface area contributed by atoms with Crippen molar-refractivity contribution in [1.82, 2.24) is 0 Å². The first kappa shape index (κ1) is 26.1. The normalized spacial score (nSPS) is 15.3. The summed E-state index contributed by atoms with van der Waals surface area (Å²) in [6.45, 7) is 3.78. The molecule has 0 fully saturated rings. The van der Waals surface area contributed by atoms with Crippen LogP contribution in [0, 0.1) is 10.2 Å². The third-order valence-corrected chi connectivity index (χ3v) is 4.12. The van der Waals surface area contributed by atoms with E-state index >= 15 is 0 Å². The lowest BCUT2D eigenvalue weighted by Crippen LogP contribution is -2.68. The Balaban J connectivity index is 0.000000696. The summed E-state index contributed by atoms with van der Waals surface area (Å²) in [5, 5.41) is 0. The van der Waals surface area contributed by atoms with Gasteiger partial charge in [-0.3, -0.25) is 0 Å². The van der Waals surface area contributed by atoms with Crippen molar-refractivity contribution < 1.29 is 47.5 Å². The maximum atomic E-state index is 8.49. The highest BCUT2D eigenvalue weighted by Gasteiger charge is 2.36. The molecular formula is C24H25ClO8. The lowest BCUT2D eigenvalue weighted by atomic mass is 10.1. The highest BCUT2D eigenvalue weighted by Crippen LogP contribution is 2.21. The van der Waals surface area contributed by atoms with E-state index in [1.807, 2.05) is 92.8 Å². The third kappa shape index (κ3) is 10.3. The van der Waals surface area contributed by atoms with Crippen LogP contribution in [0.5, 0.6) is 11.5 Å². The molecule has 0 amide bonds. The second-order valence-electron chi connectivity index (χ2n) is 7.14. The minimum Gasteiger partial charge on any atom is -0.497 e. The van der Waals surface area contributed by atoms with Gasteiger partial charge in [-0.25, -0.2) is 23.1 Å². The maximum Gasteiger partial charge on any atom is 0.424 e. The Morgan fingerprint density at radius 3 is 1.61 bits per heavy atom.